The Morgan fingerprint density at radius 3 is 2.43 bits per heavy atom. The van der Waals surface area contributed by atoms with Gasteiger partial charge in [-0.2, -0.15) is 0 Å². The van der Waals surface area contributed by atoms with Gasteiger partial charge in [0.2, 0.25) is 5.91 Å². The van der Waals surface area contributed by atoms with Crippen molar-refractivity contribution in [2.45, 2.75) is 27.3 Å². The highest BCUT2D eigenvalue weighted by molar-refractivity contribution is 6.00. The molecule has 3 rings (SSSR count). The lowest BCUT2D eigenvalue weighted by molar-refractivity contribution is -0.114. The number of benzene rings is 2. The summed E-state index contributed by atoms with van der Waals surface area (Å²) in [6, 6.07) is 13.6. The molecular formula is C22H24FN3O2. The van der Waals surface area contributed by atoms with Crippen LogP contribution in [0.3, 0.4) is 0 Å². The van der Waals surface area contributed by atoms with Gasteiger partial charge in [0.15, 0.2) is 0 Å². The fraction of sp³-hybridized carbons (Fsp3) is 0.273. The largest absolute Gasteiger partial charge is 0.351 e. The van der Waals surface area contributed by atoms with Gasteiger partial charge < -0.3 is 15.2 Å². The van der Waals surface area contributed by atoms with E-state index >= 15 is 0 Å². The molecule has 2 amide bonds. The molecule has 0 saturated heterocycles. The Labute approximate surface area is 163 Å². The SMILES string of the molecule is CC(=O)Nc1ccc2c(c1)cc(C(=O)NCC(C)C)n2Cc1ccc(F)cc1. The summed E-state index contributed by atoms with van der Waals surface area (Å²) < 4.78 is 15.2. The van der Waals surface area contributed by atoms with Gasteiger partial charge >= 0.3 is 0 Å². The maximum atomic E-state index is 13.2. The summed E-state index contributed by atoms with van der Waals surface area (Å²) in [6.07, 6.45) is 0. The second kappa shape index (κ2) is 8.25. The van der Waals surface area contributed by atoms with Gasteiger partial charge in [0, 0.05) is 36.6 Å². The second-order valence-corrected chi connectivity index (χ2v) is 7.30. The van der Waals surface area contributed by atoms with Gasteiger partial charge in [0.1, 0.15) is 11.5 Å². The highest BCUT2D eigenvalue weighted by Crippen LogP contribution is 2.25. The molecule has 5 nitrogen and oxygen atoms in total. The Morgan fingerprint density at radius 1 is 1.07 bits per heavy atom. The fourth-order valence-electron chi connectivity index (χ4n) is 3.07. The number of hydrogen-bond acceptors (Lipinski definition) is 2. The topological polar surface area (TPSA) is 63.1 Å². The molecule has 0 atom stereocenters. The molecule has 6 heteroatoms. The lowest BCUT2D eigenvalue weighted by Gasteiger charge is -2.13. The van der Waals surface area contributed by atoms with Gasteiger partial charge in [-0.25, -0.2) is 4.39 Å². The molecule has 146 valence electrons. The molecular weight excluding hydrogens is 357 g/mol. The van der Waals surface area contributed by atoms with E-state index in [4.69, 9.17) is 0 Å². The minimum Gasteiger partial charge on any atom is -0.351 e. The van der Waals surface area contributed by atoms with Crippen LogP contribution in [0.25, 0.3) is 10.9 Å². The number of hydrogen-bond donors (Lipinski definition) is 2. The van der Waals surface area contributed by atoms with Gasteiger partial charge in [-0.15, -0.1) is 0 Å². The van der Waals surface area contributed by atoms with E-state index < -0.39 is 0 Å². The summed E-state index contributed by atoms with van der Waals surface area (Å²) in [5.41, 5.74) is 2.96. The summed E-state index contributed by atoms with van der Waals surface area (Å²) in [6.45, 7) is 6.54. The summed E-state index contributed by atoms with van der Waals surface area (Å²) in [5.74, 6) is -0.269. The predicted octanol–water partition coefficient (Wildman–Crippen LogP) is 4.17. The number of amides is 2. The number of nitrogens with zero attached hydrogens (tertiary/aromatic N) is 1. The Balaban J connectivity index is 2.02. The first-order valence-corrected chi connectivity index (χ1v) is 9.27. The first-order valence-electron chi connectivity index (χ1n) is 9.27. The molecule has 2 N–H and O–H groups in total. The summed E-state index contributed by atoms with van der Waals surface area (Å²) in [4.78, 5) is 24.1. The molecule has 1 aromatic heterocycles. The van der Waals surface area contributed by atoms with Crippen LogP contribution in [0.15, 0.2) is 48.5 Å². The monoisotopic (exact) mass is 381 g/mol. The zero-order valence-electron chi connectivity index (χ0n) is 16.3. The quantitative estimate of drug-likeness (QED) is 0.673. The number of anilines is 1. The van der Waals surface area contributed by atoms with Crippen LogP contribution >= 0.6 is 0 Å². The standard InChI is InChI=1S/C22H24FN3O2/c1-14(2)12-24-22(28)21-11-17-10-19(25-15(3)27)8-9-20(17)26(21)13-16-4-6-18(23)7-5-16/h4-11,14H,12-13H2,1-3H3,(H,24,28)(H,25,27). The zero-order chi connectivity index (χ0) is 20.3. The van der Waals surface area contributed by atoms with E-state index in [0.29, 0.717) is 30.4 Å². The molecule has 2 aromatic carbocycles. The fourth-order valence-corrected chi connectivity index (χ4v) is 3.07. The van der Waals surface area contributed by atoms with E-state index in [1.807, 2.05) is 36.6 Å². The number of carbonyl (C=O) groups is 2. The molecule has 0 aliphatic heterocycles. The highest BCUT2D eigenvalue weighted by atomic mass is 19.1. The van der Waals surface area contributed by atoms with Gasteiger partial charge in [0.25, 0.3) is 5.91 Å². The molecule has 0 spiro atoms. The van der Waals surface area contributed by atoms with Crippen molar-refractivity contribution < 1.29 is 14.0 Å². The van der Waals surface area contributed by atoms with Gasteiger partial charge in [-0.3, -0.25) is 9.59 Å². The third kappa shape index (κ3) is 4.57. The Hall–Kier alpha value is -3.15. The van der Waals surface area contributed by atoms with Crippen molar-refractivity contribution >= 4 is 28.4 Å². The molecule has 0 aliphatic rings. The van der Waals surface area contributed by atoms with Crippen LogP contribution in [0.2, 0.25) is 0 Å². The van der Waals surface area contributed by atoms with Crippen LogP contribution in [-0.2, 0) is 11.3 Å². The molecule has 0 radical (unpaired) electrons. The van der Waals surface area contributed by atoms with Crippen LogP contribution in [-0.4, -0.2) is 22.9 Å². The van der Waals surface area contributed by atoms with E-state index in [9.17, 15) is 14.0 Å². The van der Waals surface area contributed by atoms with Crippen molar-refractivity contribution in [1.29, 1.82) is 0 Å². The van der Waals surface area contributed by atoms with Crippen molar-refractivity contribution in [3.8, 4) is 0 Å². The lowest BCUT2D eigenvalue weighted by Crippen LogP contribution is -2.29. The Kier molecular flexibility index (Phi) is 5.78. The van der Waals surface area contributed by atoms with Crippen molar-refractivity contribution in [2.24, 2.45) is 5.92 Å². The molecule has 1 heterocycles. The van der Waals surface area contributed by atoms with Crippen molar-refractivity contribution in [1.82, 2.24) is 9.88 Å². The number of fused-ring (bicyclic) bond motifs is 1. The van der Waals surface area contributed by atoms with E-state index in [1.54, 1.807) is 18.2 Å². The van der Waals surface area contributed by atoms with Crippen molar-refractivity contribution in [3.05, 3.63) is 65.6 Å². The van der Waals surface area contributed by atoms with E-state index in [1.165, 1.54) is 19.1 Å². The van der Waals surface area contributed by atoms with Crippen LogP contribution in [0.1, 0.15) is 36.8 Å². The van der Waals surface area contributed by atoms with E-state index in [0.717, 1.165) is 16.5 Å². The second-order valence-electron chi connectivity index (χ2n) is 7.30. The highest BCUT2D eigenvalue weighted by Gasteiger charge is 2.17. The van der Waals surface area contributed by atoms with E-state index in [2.05, 4.69) is 10.6 Å². The first kappa shape index (κ1) is 19.6. The average Bonchev–Trinajstić information content (AvgIpc) is 2.99. The minimum atomic E-state index is -0.295. The summed E-state index contributed by atoms with van der Waals surface area (Å²) >= 11 is 0. The number of aromatic nitrogens is 1. The molecule has 0 bridgehead atoms. The lowest BCUT2D eigenvalue weighted by atomic mass is 10.2. The van der Waals surface area contributed by atoms with Crippen LogP contribution in [0.5, 0.6) is 0 Å². The summed E-state index contributed by atoms with van der Waals surface area (Å²) in [7, 11) is 0. The molecule has 0 fully saturated rings. The Bertz CT molecular complexity index is 1010. The van der Waals surface area contributed by atoms with Crippen LogP contribution < -0.4 is 10.6 Å². The third-order valence-electron chi connectivity index (χ3n) is 4.38. The number of halogens is 1. The van der Waals surface area contributed by atoms with Crippen LogP contribution in [0.4, 0.5) is 10.1 Å². The van der Waals surface area contributed by atoms with Gasteiger partial charge in [-0.1, -0.05) is 26.0 Å². The maximum Gasteiger partial charge on any atom is 0.267 e. The average molecular weight is 381 g/mol. The predicted molar refractivity (Wildman–Crippen MR) is 109 cm³/mol. The smallest absolute Gasteiger partial charge is 0.267 e. The minimum absolute atomic E-state index is 0.153. The molecule has 0 unspecified atom stereocenters. The third-order valence-corrected chi connectivity index (χ3v) is 4.38. The summed E-state index contributed by atoms with van der Waals surface area (Å²) in [5, 5.41) is 6.56. The van der Waals surface area contributed by atoms with Crippen molar-refractivity contribution in [3.63, 3.8) is 0 Å². The number of carbonyl (C=O) groups excluding carboxylic acids is 2. The maximum absolute atomic E-state index is 13.2. The van der Waals surface area contributed by atoms with Crippen LogP contribution in [0, 0.1) is 11.7 Å². The molecule has 28 heavy (non-hydrogen) atoms. The Morgan fingerprint density at radius 2 is 1.79 bits per heavy atom. The number of rotatable bonds is 6. The van der Waals surface area contributed by atoms with Gasteiger partial charge in [-0.05, 0) is 47.9 Å². The van der Waals surface area contributed by atoms with E-state index in [-0.39, 0.29) is 17.6 Å². The molecule has 0 saturated carbocycles. The molecule has 3 aromatic rings. The van der Waals surface area contributed by atoms with Crippen molar-refractivity contribution in [2.75, 3.05) is 11.9 Å². The van der Waals surface area contributed by atoms with Gasteiger partial charge in [0.05, 0.1) is 0 Å². The first-order chi connectivity index (χ1) is 13.3. The molecule has 0 aliphatic carbocycles. The zero-order valence-corrected chi connectivity index (χ0v) is 16.3. The normalized spacial score (nSPS) is 11.0. The number of nitrogens with one attached hydrogen (secondary N) is 2.